The van der Waals surface area contributed by atoms with E-state index in [2.05, 4.69) is 16.9 Å². The third-order valence-electron chi connectivity index (χ3n) is 1.14. The molecule has 0 aromatic carbocycles. The first-order valence-corrected chi connectivity index (χ1v) is 3.25. The van der Waals surface area contributed by atoms with Crippen molar-refractivity contribution >= 4 is 24.8 Å². The lowest BCUT2D eigenvalue weighted by molar-refractivity contribution is 0.0566. The largest absolute Gasteiger partial charge is 0.333 e. The number of alkyl halides is 2. The van der Waals surface area contributed by atoms with Crippen LogP contribution in [0, 0.1) is 11.8 Å². The Morgan fingerprint density at radius 1 is 1.50 bits per heavy atom. The first-order valence-electron chi connectivity index (χ1n) is 3.25. The zero-order chi connectivity index (χ0) is 8.97. The SMILES string of the molecule is Cl.Cl.NCC#Cc1cnn(C(F)F)c1. The highest BCUT2D eigenvalue weighted by Gasteiger charge is 2.05. The molecule has 0 amide bonds. The molecule has 1 aromatic heterocycles. The highest BCUT2D eigenvalue weighted by molar-refractivity contribution is 5.85. The summed E-state index contributed by atoms with van der Waals surface area (Å²) in [6.45, 7) is -2.40. The van der Waals surface area contributed by atoms with E-state index in [1.807, 2.05) is 0 Å². The van der Waals surface area contributed by atoms with Gasteiger partial charge in [0.15, 0.2) is 0 Å². The van der Waals surface area contributed by atoms with Crippen LogP contribution in [0.5, 0.6) is 0 Å². The summed E-state index contributed by atoms with van der Waals surface area (Å²) in [6.07, 6.45) is 2.45. The van der Waals surface area contributed by atoms with Crippen LogP contribution in [0.15, 0.2) is 12.4 Å². The first-order chi connectivity index (χ1) is 5.74. The van der Waals surface area contributed by atoms with Gasteiger partial charge < -0.3 is 5.73 Å². The van der Waals surface area contributed by atoms with Crippen molar-refractivity contribution in [1.29, 1.82) is 0 Å². The Kier molecular flexibility index (Phi) is 8.44. The fraction of sp³-hybridized carbons (Fsp3) is 0.286. The number of rotatable bonds is 1. The number of aromatic nitrogens is 2. The molecule has 0 aliphatic carbocycles. The fourth-order valence-electron chi connectivity index (χ4n) is 0.662. The van der Waals surface area contributed by atoms with Crippen LogP contribution in [0.25, 0.3) is 0 Å². The summed E-state index contributed by atoms with van der Waals surface area (Å²) in [7, 11) is 0. The van der Waals surface area contributed by atoms with E-state index < -0.39 is 6.55 Å². The zero-order valence-electron chi connectivity index (χ0n) is 6.98. The maximum Gasteiger partial charge on any atom is 0.333 e. The third-order valence-corrected chi connectivity index (χ3v) is 1.14. The fourth-order valence-corrected chi connectivity index (χ4v) is 0.662. The van der Waals surface area contributed by atoms with Crippen LogP contribution in [0.3, 0.4) is 0 Å². The van der Waals surface area contributed by atoms with Crippen molar-refractivity contribution in [2.75, 3.05) is 6.54 Å². The summed E-state index contributed by atoms with van der Waals surface area (Å²) in [6, 6.07) is 0. The molecule has 0 spiro atoms. The van der Waals surface area contributed by atoms with Gasteiger partial charge in [0.25, 0.3) is 0 Å². The second kappa shape index (κ2) is 7.56. The van der Waals surface area contributed by atoms with Crippen molar-refractivity contribution in [2.24, 2.45) is 5.73 Å². The van der Waals surface area contributed by atoms with Gasteiger partial charge in [0.05, 0.1) is 18.3 Å². The average Bonchev–Trinajstić information content (AvgIpc) is 2.48. The van der Waals surface area contributed by atoms with Crippen molar-refractivity contribution in [3.05, 3.63) is 18.0 Å². The Hall–Kier alpha value is -0.830. The number of hydrogen-bond donors (Lipinski definition) is 1. The van der Waals surface area contributed by atoms with Gasteiger partial charge in [0.2, 0.25) is 0 Å². The van der Waals surface area contributed by atoms with E-state index in [9.17, 15) is 8.78 Å². The standard InChI is InChI=1S/C7H7F2N3.2ClH/c8-7(9)12-5-6(4-11-12)2-1-3-10;;/h4-5,7H,3,10H2;2*1H. The van der Waals surface area contributed by atoms with Crippen LogP contribution >= 0.6 is 24.8 Å². The Bertz CT molecular complexity index is 316. The molecule has 0 bridgehead atoms. The first kappa shape index (κ1) is 15.6. The number of nitrogens with two attached hydrogens (primary N) is 1. The van der Waals surface area contributed by atoms with Crippen molar-refractivity contribution in [3.63, 3.8) is 0 Å². The summed E-state index contributed by atoms with van der Waals surface area (Å²) in [5.41, 5.74) is 5.54. The molecular weight excluding hydrogens is 235 g/mol. The van der Waals surface area contributed by atoms with Crippen LogP contribution in [0.1, 0.15) is 12.1 Å². The van der Waals surface area contributed by atoms with Crippen molar-refractivity contribution in [1.82, 2.24) is 9.78 Å². The smallest absolute Gasteiger partial charge is 0.320 e. The van der Waals surface area contributed by atoms with Crippen molar-refractivity contribution < 1.29 is 8.78 Å². The minimum atomic E-state index is -2.61. The van der Waals surface area contributed by atoms with E-state index in [-0.39, 0.29) is 31.4 Å². The number of halogens is 4. The lowest BCUT2D eigenvalue weighted by atomic mass is 10.4. The van der Waals surface area contributed by atoms with Crippen LogP contribution in [-0.4, -0.2) is 16.3 Å². The van der Waals surface area contributed by atoms with Gasteiger partial charge in [0, 0.05) is 6.20 Å². The molecule has 0 fully saturated rings. The quantitative estimate of drug-likeness (QED) is 0.759. The molecule has 0 atom stereocenters. The van der Waals surface area contributed by atoms with Gasteiger partial charge in [0.1, 0.15) is 0 Å². The molecule has 80 valence electrons. The van der Waals surface area contributed by atoms with E-state index in [4.69, 9.17) is 5.73 Å². The van der Waals surface area contributed by atoms with Gasteiger partial charge in [-0.25, -0.2) is 4.68 Å². The summed E-state index contributed by atoms with van der Waals surface area (Å²) in [4.78, 5) is 0. The molecule has 1 rings (SSSR count). The van der Waals surface area contributed by atoms with E-state index >= 15 is 0 Å². The number of nitrogens with zero attached hydrogens (tertiary/aromatic N) is 2. The van der Waals surface area contributed by atoms with E-state index in [0.29, 0.717) is 10.2 Å². The lowest BCUT2D eigenvalue weighted by Crippen LogP contribution is -1.96. The van der Waals surface area contributed by atoms with E-state index in [1.54, 1.807) is 0 Å². The van der Waals surface area contributed by atoms with Crippen LogP contribution in [-0.2, 0) is 0 Å². The highest BCUT2D eigenvalue weighted by Crippen LogP contribution is 2.08. The van der Waals surface area contributed by atoms with Crippen molar-refractivity contribution in [2.45, 2.75) is 6.55 Å². The molecule has 3 nitrogen and oxygen atoms in total. The lowest BCUT2D eigenvalue weighted by Gasteiger charge is -1.93. The van der Waals surface area contributed by atoms with Crippen LogP contribution in [0.2, 0.25) is 0 Å². The molecule has 0 radical (unpaired) electrons. The Morgan fingerprint density at radius 2 is 2.14 bits per heavy atom. The highest BCUT2D eigenvalue weighted by atomic mass is 35.5. The normalized spacial score (nSPS) is 8.29. The minimum absolute atomic E-state index is 0. The van der Waals surface area contributed by atoms with Gasteiger partial charge in [-0.2, -0.15) is 13.9 Å². The number of hydrogen-bond acceptors (Lipinski definition) is 2. The Labute approximate surface area is 92.5 Å². The summed E-state index contributed by atoms with van der Waals surface area (Å²) in [5.74, 6) is 5.12. The molecule has 14 heavy (non-hydrogen) atoms. The minimum Gasteiger partial charge on any atom is -0.320 e. The maximum atomic E-state index is 11.9. The summed E-state index contributed by atoms with van der Waals surface area (Å²) < 4.78 is 24.4. The monoisotopic (exact) mass is 243 g/mol. The molecule has 2 N–H and O–H groups in total. The van der Waals surface area contributed by atoms with Crippen LogP contribution in [0.4, 0.5) is 8.78 Å². The van der Waals surface area contributed by atoms with E-state index in [1.165, 1.54) is 12.4 Å². The molecular formula is C7H9Cl2F2N3. The molecule has 0 aliphatic heterocycles. The topological polar surface area (TPSA) is 43.8 Å². The summed E-state index contributed by atoms with van der Waals surface area (Å²) >= 11 is 0. The molecule has 0 saturated carbocycles. The van der Waals surface area contributed by atoms with Gasteiger partial charge in [-0.05, 0) is 0 Å². The second-order valence-corrected chi connectivity index (χ2v) is 1.99. The van der Waals surface area contributed by atoms with E-state index in [0.717, 1.165) is 0 Å². The molecule has 1 heterocycles. The third kappa shape index (κ3) is 4.42. The van der Waals surface area contributed by atoms with Gasteiger partial charge in [-0.15, -0.1) is 24.8 Å². The summed E-state index contributed by atoms with van der Waals surface area (Å²) in [5, 5.41) is 3.39. The van der Waals surface area contributed by atoms with Crippen LogP contribution < -0.4 is 5.73 Å². The molecule has 7 heteroatoms. The predicted octanol–water partition coefficient (Wildman–Crippen LogP) is 1.43. The molecule has 0 unspecified atom stereocenters. The van der Waals surface area contributed by atoms with Gasteiger partial charge >= 0.3 is 6.55 Å². The Balaban J connectivity index is 0. The maximum absolute atomic E-state index is 11.9. The van der Waals surface area contributed by atoms with Crippen molar-refractivity contribution in [3.8, 4) is 11.8 Å². The second-order valence-electron chi connectivity index (χ2n) is 1.99. The Morgan fingerprint density at radius 3 is 2.57 bits per heavy atom. The molecule has 0 saturated heterocycles. The van der Waals surface area contributed by atoms with Gasteiger partial charge in [-0.3, -0.25) is 0 Å². The zero-order valence-corrected chi connectivity index (χ0v) is 8.62. The van der Waals surface area contributed by atoms with Gasteiger partial charge in [-0.1, -0.05) is 11.8 Å². The molecule has 0 aliphatic rings. The predicted molar refractivity (Wildman–Crippen MR) is 53.9 cm³/mol. The molecule has 1 aromatic rings. The average molecular weight is 244 g/mol.